The number of ether oxygens (including phenoxy) is 5. The maximum atomic E-state index is 16.1. The lowest BCUT2D eigenvalue weighted by atomic mass is 10.1. The lowest BCUT2D eigenvalue weighted by molar-refractivity contribution is 0.0288. The van der Waals surface area contributed by atoms with E-state index in [0.29, 0.717) is 37.5 Å². The zero-order chi connectivity index (χ0) is 50.2. The quantitative estimate of drug-likeness (QED) is 0.0640. The molecule has 7 rings (SSSR count). The number of sulfonamides is 1. The first kappa shape index (κ1) is 51.5. The molecule has 0 bridgehead atoms. The Morgan fingerprint density at radius 3 is 1.89 bits per heavy atom. The van der Waals surface area contributed by atoms with Gasteiger partial charge in [-0.15, -0.1) is 10.2 Å². The molecular weight excluding hydrogens is 1060 g/mol. The first-order valence-electron chi connectivity index (χ1n) is 21.8. The minimum absolute atomic E-state index is 0.0160. The SMILES string of the molecule is COc1ccc(CN(Cc2ccc(OC)cc2)S(=O)(=O)c2c(N([C@H]3CN(C(=O)OC(C)(C)C)C[C@@H]3NC(=O)OCc3ccccc3)S(=O)O)ccc(I)c2-c2nnn(Cc3ccc(OC)cc3)n2)cc1. The molecule has 2 heterocycles. The molecule has 3 atom stereocenters. The zero-order valence-electron chi connectivity index (χ0n) is 39.2. The normalized spacial score (nSPS) is 15.3. The molecule has 1 saturated heterocycles. The van der Waals surface area contributed by atoms with Gasteiger partial charge in [0.05, 0.1) is 51.2 Å². The van der Waals surface area contributed by atoms with Crippen LogP contribution in [0.3, 0.4) is 0 Å². The van der Waals surface area contributed by atoms with Crippen LogP contribution in [0.25, 0.3) is 11.4 Å². The lowest BCUT2D eigenvalue weighted by Gasteiger charge is -2.33. The summed E-state index contributed by atoms with van der Waals surface area (Å²) in [4.78, 5) is 29.4. The topological polar surface area (TPSA) is 217 Å². The van der Waals surface area contributed by atoms with Gasteiger partial charge in [0.25, 0.3) is 11.3 Å². The van der Waals surface area contributed by atoms with Crippen LogP contribution in [0.4, 0.5) is 15.3 Å². The first-order valence-corrected chi connectivity index (χ1v) is 25.4. The van der Waals surface area contributed by atoms with Crippen LogP contribution in [-0.2, 0) is 57.0 Å². The Bertz CT molecular complexity index is 2840. The first-order chi connectivity index (χ1) is 33.5. The Morgan fingerprint density at radius 1 is 0.800 bits per heavy atom. The number of hydrogen-bond donors (Lipinski definition) is 2. The van der Waals surface area contributed by atoms with Crippen LogP contribution in [0.1, 0.15) is 43.0 Å². The molecule has 0 spiro atoms. The summed E-state index contributed by atoms with van der Waals surface area (Å²) in [6.07, 6.45) is -1.64. The van der Waals surface area contributed by atoms with Gasteiger partial charge in [-0.1, -0.05) is 66.7 Å². The number of nitrogens with one attached hydrogen (secondary N) is 1. The number of carbonyl (C=O) groups excluding carboxylic acids is 2. The number of hydrogen-bond acceptors (Lipinski definition) is 13. The molecule has 0 radical (unpaired) electrons. The molecule has 1 aliphatic rings. The van der Waals surface area contributed by atoms with Crippen LogP contribution in [0, 0.1) is 3.57 Å². The predicted molar refractivity (Wildman–Crippen MR) is 269 cm³/mol. The molecule has 0 saturated carbocycles. The number of amides is 2. The molecule has 0 aliphatic carbocycles. The number of carbonyl (C=O) groups is 2. The fourth-order valence-electron chi connectivity index (χ4n) is 7.66. The summed E-state index contributed by atoms with van der Waals surface area (Å²) in [5.41, 5.74) is 1.51. The van der Waals surface area contributed by atoms with Gasteiger partial charge < -0.3 is 33.9 Å². The number of anilines is 1. The van der Waals surface area contributed by atoms with Crippen LogP contribution in [-0.4, -0.2) is 111 Å². The van der Waals surface area contributed by atoms with Gasteiger partial charge in [-0.05, 0) is 119 Å². The standard InChI is InChI=1S/C48H53IN8O11S2/c1-48(2,3)68-47(59)54-29-40(50-46(58)67-31-35-10-8-7-9-11-35)42(30-54)57(69(60)61)41-25-24-39(49)43(45-51-53-56(52-45)28-34-16-22-38(66-6)23-17-34)44(41)70(62,63)55(26-32-12-18-36(64-4)19-13-32)27-33-14-20-37(65-5)21-15-33/h7-25,40,42H,26-31H2,1-6H3,(H,50,58)(H,60,61)/t40-,42-/m0/s1. The highest BCUT2D eigenvalue weighted by molar-refractivity contribution is 14.1. The highest BCUT2D eigenvalue weighted by Crippen LogP contribution is 2.42. The van der Waals surface area contributed by atoms with E-state index in [1.807, 2.05) is 40.8 Å². The highest BCUT2D eigenvalue weighted by atomic mass is 127. The van der Waals surface area contributed by atoms with Crippen LogP contribution in [0.5, 0.6) is 17.2 Å². The Kier molecular flexibility index (Phi) is 16.6. The van der Waals surface area contributed by atoms with Crippen LogP contribution in [0.15, 0.2) is 120 Å². The summed E-state index contributed by atoms with van der Waals surface area (Å²) >= 11 is -1.04. The Hall–Kier alpha value is -6.34. The Morgan fingerprint density at radius 2 is 1.36 bits per heavy atom. The molecule has 2 N–H and O–H groups in total. The van der Waals surface area contributed by atoms with Crippen molar-refractivity contribution >= 4 is 61.8 Å². The maximum Gasteiger partial charge on any atom is 0.410 e. The molecule has 2 amide bonds. The van der Waals surface area contributed by atoms with Crippen LogP contribution < -0.4 is 23.8 Å². The smallest absolute Gasteiger partial charge is 0.410 e. The lowest BCUT2D eigenvalue weighted by Crippen LogP contribution is -2.52. The summed E-state index contributed by atoms with van der Waals surface area (Å²) in [6, 6.07) is 30.6. The van der Waals surface area contributed by atoms with Crippen molar-refractivity contribution in [3.63, 3.8) is 0 Å². The van der Waals surface area contributed by atoms with E-state index < -0.39 is 56.1 Å². The molecule has 5 aromatic carbocycles. The molecule has 70 heavy (non-hydrogen) atoms. The maximum absolute atomic E-state index is 16.1. The van der Waals surface area contributed by atoms with E-state index in [4.69, 9.17) is 23.7 Å². The van der Waals surface area contributed by atoms with E-state index in [1.54, 1.807) is 119 Å². The molecular formula is C48H53IN8O11S2. The number of nitrogens with zero attached hydrogens (tertiary/aromatic N) is 7. The molecule has 1 aromatic heterocycles. The third-order valence-corrected chi connectivity index (χ3v) is 14.6. The highest BCUT2D eigenvalue weighted by Gasteiger charge is 2.46. The van der Waals surface area contributed by atoms with Crippen molar-refractivity contribution in [2.75, 3.05) is 38.7 Å². The summed E-state index contributed by atoms with van der Waals surface area (Å²) in [7, 11) is -0.216. The molecule has 370 valence electrons. The van der Waals surface area contributed by atoms with E-state index in [9.17, 15) is 18.4 Å². The van der Waals surface area contributed by atoms with Gasteiger partial charge in [0.2, 0.25) is 15.8 Å². The second-order valence-corrected chi connectivity index (χ2v) is 20.9. The minimum atomic E-state index is -4.83. The van der Waals surface area contributed by atoms with E-state index in [-0.39, 0.29) is 56.4 Å². The third-order valence-electron chi connectivity index (χ3n) is 11.0. The van der Waals surface area contributed by atoms with Gasteiger partial charge in [-0.3, -0.25) is 8.86 Å². The van der Waals surface area contributed by atoms with Gasteiger partial charge in [0.15, 0.2) is 0 Å². The van der Waals surface area contributed by atoms with Crippen LogP contribution >= 0.6 is 22.6 Å². The number of methoxy groups -OCH3 is 3. The summed E-state index contributed by atoms with van der Waals surface area (Å²) in [5, 5.41) is 16.1. The summed E-state index contributed by atoms with van der Waals surface area (Å²) in [6.45, 7) is 4.31. The number of tetrazole rings is 1. The monoisotopic (exact) mass is 1110 g/mol. The van der Waals surface area contributed by atoms with Crippen molar-refractivity contribution in [2.24, 2.45) is 0 Å². The Balaban J connectivity index is 1.39. The van der Waals surface area contributed by atoms with Crippen molar-refractivity contribution in [3.8, 4) is 28.6 Å². The number of likely N-dealkylation sites (tertiary alicyclic amines) is 1. The second-order valence-electron chi connectivity index (χ2n) is 17.1. The van der Waals surface area contributed by atoms with Gasteiger partial charge in [0.1, 0.15) is 34.4 Å². The minimum Gasteiger partial charge on any atom is -0.497 e. The van der Waals surface area contributed by atoms with Gasteiger partial charge in [-0.2, -0.15) is 9.10 Å². The summed E-state index contributed by atoms with van der Waals surface area (Å²) in [5.74, 6) is 1.67. The largest absolute Gasteiger partial charge is 0.497 e. The van der Waals surface area contributed by atoms with E-state index in [2.05, 4.69) is 20.7 Å². The fourth-order valence-corrected chi connectivity index (χ4v) is 11.1. The molecule has 1 aliphatic heterocycles. The third kappa shape index (κ3) is 12.7. The van der Waals surface area contributed by atoms with Crippen molar-refractivity contribution in [2.45, 2.75) is 69.6 Å². The number of halogens is 1. The van der Waals surface area contributed by atoms with Gasteiger partial charge in [-0.25, -0.2) is 22.2 Å². The molecule has 1 fully saturated rings. The molecule has 19 nitrogen and oxygen atoms in total. The molecule has 1 unspecified atom stereocenters. The Labute approximate surface area is 422 Å². The average Bonchev–Trinajstić information content (AvgIpc) is 3.98. The van der Waals surface area contributed by atoms with Crippen molar-refractivity contribution in [3.05, 3.63) is 141 Å². The second kappa shape index (κ2) is 22.6. The number of rotatable bonds is 18. The summed E-state index contributed by atoms with van der Waals surface area (Å²) < 4.78 is 87.7. The van der Waals surface area contributed by atoms with Crippen molar-refractivity contribution in [1.82, 2.24) is 34.7 Å². The number of alkyl carbamates (subject to hydrolysis) is 1. The molecule has 6 aromatic rings. The average molecular weight is 1110 g/mol. The van der Waals surface area contributed by atoms with Gasteiger partial charge >= 0.3 is 12.2 Å². The van der Waals surface area contributed by atoms with Crippen LogP contribution in [0.2, 0.25) is 0 Å². The molecule has 22 heteroatoms. The van der Waals surface area contributed by atoms with E-state index in [1.165, 1.54) is 34.3 Å². The van der Waals surface area contributed by atoms with Gasteiger partial charge in [0, 0.05) is 29.7 Å². The van der Waals surface area contributed by atoms with Crippen molar-refractivity contribution in [1.29, 1.82) is 0 Å². The van der Waals surface area contributed by atoms with E-state index >= 15 is 8.42 Å². The fraction of sp³-hybridized carbons (Fsp3) is 0.312. The predicted octanol–water partition coefficient (Wildman–Crippen LogP) is 7.27. The zero-order valence-corrected chi connectivity index (χ0v) is 43.0. The van der Waals surface area contributed by atoms with E-state index in [0.717, 1.165) is 9.87 Å². The number of aromatic nitrogens is 4. The number of benzene rings is 5. The van der Waals surface area contributed by atoms with Crippen molar-refractivity contribution < 1.29 is 50.5 Å².